The van der Waals surface area contributed by atoms with Gasteiger partial charge in [0.2, 0.25) is 0 Å². The Balaban J connectivity index is 3.48. The van der Waals surface area contributed by atoms with Crippen molar-refractivity contribution < 1.29 is 4.79 Å². The van der Waals surface area contributed by atoms with Gasteiger partial charge < -0.3 is 4.57 Å². The van der Waals surface area contributed by atoms with E-state index in [1.807, 2.05) is 6.07 Å². The molecule has 0 spiro atoms. The minimum Gasteiger partial charge on any atom is -0.302 e. The number of aryl methyl sites for hydroxylation is 1. The van der Waals surface area contributed by atoms with Crippen LogP contribution in [0, 0.1) is 18.3 Å². The first-order valence-electron chi connectivity index (χ1n) is 4.61. The third-order valence-electron chi connectivity index (χ3n) is 2.42. The van der Waals surface area contributed by atoms with Gasteiger partial charge in [0.1, 0.15) is 11.6 Å². The second-order valence-electron chi connectivity index (χ2n) is 3.46. The fourth-order valence-corrected chi connectivity index (χ4v) is 1.39. The van der Waals surface area contributed by atoms with E-state index < -0.39 is 11.6 Å². The van der Waals surface area contributed by atoms with E-state index in [4.69, 9.17) is 5.26 Å². The SMILES string of the molecule is CC(=O)C(C)n1c(C)ccc(C#N)c1=O. The van der Waals surface area contributed by atoms with E-state index >= 15 is 0 Å². The Morgan fingerprint density at radius 1 is 1.53 bits per heavy atom. The number of nitriles is 1. The Labute approximate surface area is 87.8 Å². The van der Waals surface area contributed by atoms with Gasteiger partial charge in [-0.1, -0.05) is 0 Å². The molecule has 0 aliphatic rings. The molecule has 15 heavy (non-hydrogen) atoms. The monoisotopic (exact) mass is 204 g/mol. The Hall–Kier alpha value is -1.89. The van der Waals surface area contributed by atoms with E-state index in [2.05, 4.69) is 0 Å². The molecule has 0 bridgehead atoms. The van der Waals surface area contributed by atoms with E-state index in [1.165, 1.54) is 17.6 Å². The average molecular weight is 204 g/mol. The summed E-state index contributed by atoms with van der Waals surface area (Å²) in [6.07, 6.45) is 0. The maximum Gasteiger partial charge on any atom is 0.269 e. The predicted molar refractivity (Wildman–Crippen MR) is 55.5 cm³/mol. The van der Waals surface area contributed by atoms with Crippen LogP contribution in [0.15, 0.2) is 16.9 Å². The molecule has 0 saturated carbocycles. The fourth-order valence-electron chi connectivity index (χ4n) is 1.39. The molecule has 1 aromatic rings. The Morgan fingerprint density at radius 3 is 2.60 bits per heavy atom. The smallest absolute Gasteiger partial charge is 0.269 e. The third-order valence-corrected chi connectivity index (χ3v) is 2.42. The predicted octanol–water partition coefficient (Wildman–Crippen LogP) is 1.18. The van der Waals surface area contributed by atoms with E-state index in [0.717, 1.165) is 0 Å². The van der Waals surface area contributed by atoms with Crippen LogP contribution in [0.4, 0.5) is 0 Å². The average Bonchev–Trinajstić information content (AvgIpc) is 2.17. The zero-order valence-electron chi connectivity index (χ0n) is 8.94. The lowest BCUT2D eigenvalue weighted by atomic mass is 10.2. The van der Waals surface area contributed by atoms with Crippen molar-refractivity contribution in [1.82, 2.24) is 4.57 Å². The molecule has 0 aliphatic carbocycles. The van der Waals surface area contributed by atoms with Crippen LogP contribution < -0.4 is 5.56 Å². The lowest BCUT2D eigenvalue weighted by Crippen LogP contribution is -2.30. The molecule has 0 amide bonds. The molecule has 0 saturated heterocycles. The standard InChI is InChI=1S/C11H12N2O2/c1-7-4-5-10(6-12)11(15)13(7)8(2)9(3)14/h4-5,8H,1-3H3. The molecule has 4 nitrogen and oxygen atoms in total. The summed E-state index contributed by atoms with van der Waals surface area (Å²) in [7, 11) is 0. The van der Waals surface area contributed by atoms with Crippen molar-refractivity contribution in [3.05, 3.63) is 33.7 Å². The fraction of sp³-hybridized carbons (Fsp3) is 0.364. The Kier molecular flexibility index (Phi) is 3.05. The molecule has 0 aliphatic heterocycles. The summed E-state index contributed by atoms with van der Waals surface area (Å²) < 4.78 is 1.35. The number of carbonyl (C=O) groups is 1. The van der Waals surface area contributed by atoms with Crippen molar-refractivity contribution in [2.45, 2.75) is 26.8 Å². The number of hydrogen-bond acceptors (Lipinski definition) is 3. The third kappa shape index (κ3) is 1.96. The molecule has 4 heteroatoms. The number of carbonyl (C=O) groups excluding carboxylic acids is 1. The number of aromatic nitrogens is 1. The topological polar surface area (TPSA) is 62.9 Å². The van der Waals surface area contributed by atoms with E-state index in [0.29, 0.717) is 5.69 Å². The molecule has 1 aromatic heterocycles. The van der Waals surface area contributed by atoms with Gasteiger partial charge in [0.25, 0.3) is 5.56 Å². The van der Waals surface area contributed by atoms with Gasteiger partial charge in [0.15, 0.2) is 5.78 Å². The summed E-state index contributed by atoms with van der Waals surface area (Å²) in [6.45, 7) is 4.81. The van der Waals surface area contributed by atoms with Gasteiger partial charge >= 0.3 is 0 Å². The Bertz CT molecular complexity index is 494. The normalized spacial score (nSPS) is 11.9. The van der Waals surface area contributed by atoms with Crippen LogP contribution >= 0.6 is 0 Å². The van der Waals surface area contributed by atoms with Crippen LogP contribution in [-0.2, 0) is 4.79 Å². The first-order chi connectivity index (χ1) is 6.99. The number of hydrogen-bond donors (Lipinski definition) is 0. The number of rotatable bonds is 2. The number of pyridine rings is 1. The van der Waals surface area contributed by atoms with Crippen LogP contribution in [0.25, 0.3) is 0 Å². The highest BCUT2D eigenvalue weighted by Gasteiger charge is 2.15. The van der Waals surface area contributed by atoms with Crippen LogP contribution in [0.3, 0.4) is 0 Å². The van der Waals surface area contributed by atoms with Crippen LogP contribution in [0.1, 0.15) is 31.1 Å². The quantitative estimate of drug-likeness (QED) is 0.726. The molecule has 1 rings (SSSR count). The molecule has 1 heterocycles. The van der Waals surface area contributed by atoms with Gasteiger partial charge in [-0.3, -0.25) is 9.59 Å². The maximum absolute atomic E-state index is 11.8. The van der Waals surface area contributed by atoms with Gasteiger partial charge in [0.05, 0.1) is 6.04 Å². The number of nitrogens with zero attached hydrogens (tertiary/aromatic N) is 2. The Morgan fingerprint density at radius 2 is 2.13 bits per heavy atom. The van der Waals surface area contributed by atoms with Crippen molar-refractivity contribution in [3.63, 3.8) is 0 Å². The van der Waals surface area contributed by atoms with Gasteiger partial charge in [-0.2, -0.15) is 5.26 Å². The summed E-state index contributed by atoms with van der Waals surface area (Å²) >= 11 is 0. The van der Waals surface area contributed by atoms with E-state index in [-0.39, 0.29) is 11.3 Å². The van der Waals surface area contributed by atoms with E-state index in [1.54, 1.807) is 19.9 Å². The van der Waals surface area contributed by atoms with Crippen molar-refractivity contribution in [3.8, 4) is 6.07 Å². The highest BCUT2D eigenvalue weighted by molar-refractivity contribution is 5.79. The molecule has 78 valence electrons. The van der Waals surface area contributed by atoms with E-state index in [9.17, 15) is 9.59 Å². The maximum atomic E-state index is 11.8. The summed E-state index contributed by atoms with van der Waals surface area (Å²) in [5, 5.41) is 8.71. The van der Waals surface area contributed by atoms with Crippen LogP contribution in [0.5, 0.6) is 0 Å². The van der Waals surface area contributed by atoms with Gasteiger partial charge in [0, 0.05) is 5.69 Å². The molecule has 0 fully saturated rings. The van der Waals surface area contributed by atoms with Gasteiger partial charge in [-0.25, -0.2) is 0 Å². The summed E-state index contributed by atoms with van der Waals surface area (Å²) in [5.41, 5.74) is 0.343. The lowest BCUT2D eigenvalue weighted by molar-refractivity contribution is -0.119. The zero-order valence-corrected chi connectivity index (χ0v) is 8.94. The second-order valence-corrected chi connectivity index (χ2v) is 3.46. The molecule has 0 N–H and O–H groups in total. The minimum atomic E-state index is -0.522. The molecule has 1 unspecified atom stereocenters. The largest absolute Gasteiger partial charge is 0.302 e. The minimum absolute atomic E-state index is 0.0636. The van der Waals surface area contributed by atoms with Crippen molar-refractivity contribution >= 4 is 5.78 Å². The first-order valence-corrected chi connectivity index (χ1v) is 4.61. The molecule has 1 atom stereocenters. The highest BCUT2D eigenvalue weighted by Crippen LogP contribution is 2.08. The van der Waals surface area contributed by atoms with Crippen molar-refractivity contribution in [1.29, 1.82) is 5.26 Å². The van der Waals surface area contributed by atoms with Crippen molar-refractivity contribution in [2.75, 3.05) is 0 Å². The van der Waals surface area contributed by atoms with Gasteiger partial charge in [-0.05, 0) is 32.9 Å². The van der Waals surface area contributed by atoms with Crippen LogP contribution in [0.2, 0.25) is 0 Å². The second kappa shape index (κ2) is 4.09. The number of ketones is 1. The molecular formula is C11H12N2O2. The summed E-state index contributed by atoms with van der Waals surface area (Å²) in [5.74, 6) is -0.102. The molecule has 0 aromatic carbocycles. The van der Waals surface area contributed by atoms with Gasteiger partial charge in [-0.15, -0.1) is 0 Å². The lowest BCUT2D eigenvalue weighted by Gasteiger charge is -2.15. The zero-order chi connectivity index (χ0) is 11.6. The van der Waals surface area contributed by atoms with Crippen LogP contribution in [-0.4, -0.2) is 10.4 Å². The number of Topliss-reactive ketones (excluding diaryl/α,β-unsaturated/α-hetero) is 1. The summed E-state index contributed by atoms with van der Waals surface area (Å²) in [4.78, 5) is 23.0. The first kappa shape index (κ1) is 11.2. The summed E-state index contributed by atoms with van der Waals surface area (Å²) in [6, 6.07) is 4.43. The highest BCUT2D eigenvalue weighted by atomic mass is 16.1. The van der Waals surface area contributed by atoms with Crippen molar-refractivity contribution in [2.24, 2.45) is 0 Å². The molecule has 0 radical (unpaired) electrons. The molecular weight excluding hydrogens is 192 g/mol.